The van der Waals surface area contributed by atoms with Crippen molar-refractivity contribution in [2.45, 2.75) is 98.4 Å². The van der Waals surface area contributed by atoms with Gasteiger partial charge >= 0.3 is 6.09 Å². The van der Waals surface area contributed by atoms with Crippen LogP contribution in [-0.4, -0.2) is 64.7 Å². The van der Waals surface area contributed by atoms with Crippen LogP contribution in [0.25, 0.3) is 0 Å². The number of rotatable bonds is 12. The molecule has 0 bridgehead atoms. The largest absolute Gasteiger partial charge is 0.489 e. The molecule has 0 N–H and O–H groups in total. The molecule has 0 spiro atoms. The molecule has 0 radical (unpaired) electrons. The van der Waals surface area contributed by atoms with Crippen LogP contribution in [0.5, 0.6) is 17.5 Å². The van der Waals surface area contributed by atoms with Crippen molar-refractivity contribution in [2.75, 3.05) is 26.3 Å². The van der Waals surface area contributed by atoms with Gasteiger partial charge in [0.1, 0.15) is 18.0 Å². The summed E-state index contributed by atoms with van der Waals surface area (Å²) < 4.78 is 23.3. The normalized spacial score (nSPS) is 17.9. The summed E-state index contributed by atoms with van der Waals surface area (Å²) in [6.45, 7) is 16.3. The van der Waals surface area contributed by atoms with E-state index in [4.69, 9.17) is 18.9 Å². The van der Waals surface area contributed by atoms with Crippen LogP contribution >= 0.6 is 0 Å². The van der Waals surface area contributed by atoms with Crippen molar-refractivity contribution in [1.82, 2.24) is 14.8 Å². The molecule has 3 aromatic rings. The molecular weight excluding hydrogens is 606 g/mol. The molecule has 1 aromatic heterocycles. The first-order valence-corrected chi connectivity index (χ1v) is 17.3. The molecule has 2 amide bonds. The number of piperidine rings is 1. The molecule has 2 aliphatic rings. The van der Waals surface area contributed by atoms with Gasteiger partial charge in [0, 0.05) is 37.8 Å². The molecule has 9 nitrogen and oxygen atoms in total. The first-order valence-electron chi connectivity index (χ1n) is 17.3. The Labute approximate surface area is 285 Å². The molecular formula is C39H51N3O6. The maximum absolute atomic E-state index is 14.7. The van der Waals surface area contributed by atoms with Gasteiger partial charge in [0.15, 0.2) is 0 Å². The average molecular weight is 658 g/mol. The Kier molecular flexibility index (Phi) is 11.2. The number of aromatic nitrogens is 1. The average Bonchev–Trinajstić information content (AvgIpc) is 3.89. The summed E-state index contributed by atoms with van der Waals surface area (Å²) in [5, 5.41) is 0. The Balaban J connectivity index is 1.40. The van der Waals surface area contributed by atoms with Crippen LogP contribution < -0.4 is 14.2 Å². The number of benzene rings is 2. The quantitative estimate of drug-likeness (QED) is 0.198. The van der Waals surface area contributed by atoms with Gasteiger partial charge in [-0.25, -0.2) is 4.79 Å². The number of aryl methyl sites for hydroxylation is 1. The summed E-state index contributed by atoms with van der Waals surface area (Å²) in [4.78, 5) is 36.1. The number of carbonyl (C=O) groups is 2. The Bertz CT molecular complexity index is 1560. The van der Waals surface area contributed by atoms with Crippen LogP contribution in [0, 0.1) is 19.8 Å². The van der Waals surface area contributed by atoms with Gasteiger partial charge in [0.25, 0.3) is 0 Å². The molecule has 1 aliphatic heterocycles. The van der Waals surface area contributed by atoms with Crippen LogP contribution in [0.15, 0.2) is 54.6 Å². The fraction of sp³-hybridized carbons (Fsp3) is 0.513. The number of hydrogen-bond acceptors (Lipinski definition) is 7. The first kappa shape index (κ1) is 35.0. The molecule has 1 aliphatic carbocycles. The Morgan fingerprint density at radius 3 is 2.25 bits per heavy atom. The SMILES string of the molecule is CCOc1cc(COc2cccc([C@H]3CCN(C(=O)OC(C)(C)C)C[C@@H]3C(=O)N(Cc3cccc(C)c3C)C3CC3)c2)cc(OCC)n1. The molecule has 1 saturated carbocycles. The molecule has 0 unspecified atom stereocenters. The van der Waals surface area contributed by atoms with Crippen molar-refractivity contribution in [3.8, 4) is 17.5 Å². The lowest BCUT2D eigenvalue weighted by Crippen LogP contribution is -2.51. The molecule has 1 saturated heterocycles. The van der Waals surface area contributed by atoms with Gasteiger partial charge in [-0.3, -0.25) is 4.79 Å². The smallest absolute Gasteiger partial charge is 0.410 e. The molecule has 5 rings (SSSR count). The van der Waals surface area contributed by atoms with Crippen molar-refractivity contribution in [3.63, 3.8) is 0 Å². The van der Waals surface area contributed by atoms with Crippen molar-refractivity contribution < 1.29 is 28.5 Å². The minimum atomic E-state index is -0.622. The van der Waals surface area contributed by atoms with Crippen molar-refractivity contribution in [1.29, 1.82) is 0 Å². The highest BCUT2D eigenvalue weighted by atomic mass is 16.6. The third-order valence-electron chi connectivity index (χ3n) is 9.02. The predicted octanol–water partition coefficient (Wildman–Crippen LogP) is 7.61. The van der Waals surface area contributed by atoms with Crippen molar-refractivity contribution in [3.05, 3.63) is 82.4 Å². The zero-order valence-corrected chi connectivity index (χ0v) is 29.6. The van der Waals surface area contributed by atoms with Gasteiger partial charge in [0.05, 0.1) is 19.1 Å². The maximum atomic E-state index is 14.7. The van der Waals surface area contributed by atoms with E-state index in [0.29, 0.717) is 63.4 Å². The standard InChI is InChI=1S/C39H51N3O6/c1-8-45-35-20-28(21-36(40-35)46-9-2)25-47-32-15-11-13-29(22-32)33-18-19-41(38(44)48-39(5,6)7)24-34(33)37(43)42(31-16-17-31)23-30-14-10-12-26(3)27(30)4/h10-15,20-22,31,33-34H,8-9,16-19,23-25H2,1-7H3/t33-,34+/m1/s1. The van der Waals surface area contributed by atoms with E-state index in [1.165, 1.54) is 11.1 Å². The Hall–Kier alpha value is -4.27. The van der Waals surface area contributed by atoms with Gasteiger partial charge in [-0.1, -0.05) is 30.3 Å². The second kappa shape index (κ2) is 15.3. The van der Waals surface area contributed by atoms with E-state index in [-0.39, 0.29) is 24.0 Å². The van der Waals surface area contributed by atoms with Crippen molar-refractivity contribution in [2.24, 2.45) is 5.92 Å². The summed E-state index contributed by atoms with van der Waals surface area (Å²) in [6.07, 6.45) is 2.26. The van der Waals surface area contributed by atoms with E-state index in [9.17, 15) is 9.59 Å². The molecule has 2 heterocycles. The number of pyridine rings is 1. The first-order chi connectivity index (χ1) is 23.0. The fourth-order valence-corrected chi connectivity index (χ4v) is 6.31. The van der Waals surface area contributed by atoms with Crippen LogP contribution in [0.1, 0.15) is 87.6 Å². The minimum absolute atomic E-state index is 0.0883. The van der Waals surface area contributed by atoms with Gasteiger partial charge in [0.2, 0.25) is 17.7 Å². The number of carbonyl (C=O) groups excluding carboxylic acids is 2. The molecule has 2 atom stereocenters. The van der Waals surface area contributed by atoms with E-state index < -0.39 is 11.5 Å². The number of ether oxygens (including phenoxy) is 4. The topological polar surface area (TPSA) is 90.4 Å². The zero-order chi connectivity index (χ0) is 34.4. The number of likely N-dealkylation sites (tertiary alicyclic amines) is 1. The fourth-order valence-electron chi connectivity index (χ4n) is 6.31. The van der Waals surface area contributed by atoms with Crippen LogP contribution in [-0.2, 0) is 22.7 Å². The number of amides is 2. The highest BCUT2D eigenvalue weighted by Crippen LogP contribution is 2.39. The summed E-state index contributed by atoms with van der Waals surface area (Å²) in [7, 11) is 0. The Morgan fingerprint density at radius 2 is 1.60 bits per heavy atom. The van der Waals surface area contributed by atoms with Crippen molar-refractivity contribution >= 4 is 12.0 Å². The van der Waals surface area contributed by atoms with Gasteiger partial charge in [-0.2, -0.15) is 4.98 Å². The van der Waals surface area contributed by atoms with E-state index in [2.05, 4.69) is 48.0 Å². The molecule has 2 fully saturated rings. The molecule has 2 aromatic carbocycles. The van der Waals surface area contributed by atoms with E-state index >= 15 is 0 Å². The maximum Gasteiger partial charge on any atom is 0.410 e. The monoisotopic (exact) mass is 657 g/mol. The third-order valence-corrected chi connectivity index (χ3v) is 9.02. The highest BCUT2D eigenvalue weighted by molar-refractivity contribution is 5.82. The number of nitrogens with zero attached hydrogens (tertiary/aromatic N) is 3. The third kappa shape index (κ3) is 8.99. The van der Waals surface area contributed by atoms with E-state index in [0.717, 1.165) is 29.5 Å². The minimum Gasteiger partial charge on any atom is -0.489 e. The zero-order valence-electron chi connectivity index (χ0n) is 29.6. The summed E-state index contributed by atoms with van der Waals surface area (Å²) in [6, 6.07) is 18.2. The van der Waals surface area contributed by atoms with E-state index in [1.54, 1.807) is 4.90 Å². The highest BCUT2D eigenvalue weighted by Gasteiger charge is 2.43. The molecule has 48 heavy (non-hydrogen) atoms. The lowest BCUT2D eigenvalue weighted by molar-refractivity contribution is -0.139. The molecule has 9 heteroatoms. The summed E-state index contributed by atoms with van der Waals surface area (Å²) >= 11 is 0. The lowest BCUT2D eigenvalue weighted by atomic mass is 9.79. The summed E-state index contributed by atoms with van der Waals surface area (Å²) in [5.74, 6) is 1.27. The van der Waals surface area contributed by atoms with Crippen LogP contribution in [0.4, 0.5) is 4.79 Å². The van der Waals surface area contributed by atoms with E-state index in [1.807, 2.05) is 65.0 Å². The van der Waals surface area contributed by atoms with Gasteiger partial charge in [-0.15, -0.1) is 0 Å². The second-order valence-corrected chi connectivity index (χ2v) is 13.9. The Morgan fingerprint density at radius 1 is 0.917 bits per heavy atom. The molecule has 258 valence electrons. The summed E-state index contributed by atoms with van der Waals surface area (Å²) in [5.41, 5.74) is 4.88. The predicted molar refractivity (Wildman–Crippen MR) is 185 cm³/mol. The van der Waals surface area contributed by atoms with Gasteiger partial charge in [-0.05, 0) is 114 Å². The van der Waals surface area contributed by atoms with Gasteiger partial charge < -0.3 is 28.7 Å². The number of hydrogen-bond donors (Lipinski definition) is 0. The van der Waals surface area contributed by atoms with Crippen LogP contribution in [0.3, 0.4) is 0 Å². The van der Waals surface area contributed by atoms with Crippen LogP contribution in [0.2, 0.25) is 0 Å². The lowest BCUT2D eigenvalue weighted by Gasteiger charge is -2.40. The second-order valence-electron chi connectivity index (χ2n) is 13.9.